The molecule has 0 fully saturated rings. The largest absolute Gasteiger partial charge is 0.378 e. The highest BCUT2D eigenvalue weighted by atomic mass is 16.5. The minimum Gasteiger partial charge on any atom is -0.378 e. The lowest BCUT2D eigenvalue weighted by Gasteiger charge is -2.20. The Morgan fingerprint density at radius 1 is 1.69 bits per heavy atom. The van der Waals surface area contributed by atoms with Gasteiger partial charge in [-0.2, -0.15) is 0 Å². The molecule has 3 heteroatoms. The van der Waals surface area contributed by atoms with Crippen LogP contribution in [0.4, 0.5) is 0 Å². The van der Waals surface area contributed by atoms with E-state index in [2.05, 4.69) is 22.7 Å². The van der Waals surface area contributed by atoms with Gasteiger partial charge in [0.15, 0.2) is 0 Å². The Labute approximate surface area is 78.7 Å². The molecule has 0 radical (unpaired) electrons. The third-order valence-corrected chi connectivity index (χ3v) is 2.65. The van der Waals surface area contributed by atoms with Crippen molar-refractivity contribution < 1.29 is 4.74 Å². The standard InChI is InChI=1S/C10H16N2O/c1-8-4-3-5-10-11-9(7-13-2)6-12(8)10/h6,8H,3-5,7H2,1-2H3. The van der Waals surface area contributed by atoms with Crippen molar-refractivity contribution >= 4 is 0 Å². The maximum Gasteiger partial charge on any atom is 0.109 e. The van der Waals surface area contributed by atoms with E-state index >= 15 is 0 Å². The number of nitrogens with zero attached hydrogens (tertiary/aromatic N) is 2. The number of aryl methyl sites for hydroxylation is 1. The van der Waals surface area contributed by atoms with Gasteiger partial charge in [0.2, 0.25) is 0 Å². The molecule has 0 spiro atoms. The molecule has 0 bridgehead atoms. The molecule has 3 nitrogen and oxygen atoms in total. The summed E-state index contributed by atoms with van der Waals surface area (Å²) in [6.07, 6.45) is 5.79. The van der Waals surface area contributed by atoms with E-state index in [4.69, 9.17) is 4.74 Å². The van der Waals surface area contributed by atoms with Gasteiger partial charge in [-0.25, -0.2) is 4.98 Å². The lowest BCUT2D eigenvalue weighted by molar-refractivity contribution is 0.181. The van der Waals surface area contributed by atoms with Crippen LogP contribution in [-0.2, 0) is 17.8 Å². The average molecular weight is 180 g/mol. The van der Waals surface area contributed by atoms with Crippen LogP contribution in [0.5, 0.6) is 0 Å². The van der Waals surface area contributed by atoms with Crippen molar-refractivity contribution in [1.29, 1.82) is 0 Å². The van der Waals surface area contributed by atoms with Crippen LogP contribution in [0.2, 0.25) is 0 Å². The van der Waals surface area contributed by atoms with Crippen LogP contribution in [0.1, 0.15) is 37.3 Å². The van der Waals surface area contributed by atoms with Gasteiger partial charge < -0.3 is 9.30 Å². The van der Waals surface area contributed by atoms with Gasteiger partial charge in [-0.3, -0.25) is 0 Å². The molecule has 0 aromatic carbocycles. The second-order valence-electron chi connectivity index (χ2n) is 3.73. The van der Waals surface area contributed by atoms with Crippen molar-refractivity contribution in [2.75, 3.05) is 7.11 Å². The topological polar surface area (TPSA) is 27.1 Å². The van der Waals surface area contributed by atoms with Crippen molar-refractivity contribution in [2.24, 2.45) is 0 Å². The van der Waals surface area contributed by atoms with Crippen LogP contribution in [0.15, 0.2) is 6.20 Å². The van der Waals surface area contributed by atoms with Crippen LogP contribution in [0.3, 0.4) is 0 Å². The molecule has 72 valence electrons. The van der Waals surface area contributed by atoms with Crippen LogP contribution in [-0.4, -0.2) is 16.7 Å². The van der Waals surface area contributed by atoms with Crippen LogP contribution in [0, 0.1) is 0 Å². The van der Waals surface area contributed by atoms with Crippen molar-refractivity contribution in [3.63, 3.8) is 0 Å². The van der Waals surface area contributed by atoms with Crippen molar-refractivity contribution in [1.82, 2.24) is 9.55 Å². The maximum atomic E-state index is 5.07. The van der Waals surface area contributed by atoms with Gasteiger partial charge in [-0.1, -0.05) is 0 Å². The predicted octanol–water partition coefficient (Wildman–Crippen LogP) is 1.93. The SMILES string of the molecule is COCc1cn2c(n1)CCCC2C. The Bertz CT molecular complexity index is 293. The molecule has 0 N–H and O–H groups in total. The van der Waals surface area contributed by atoms with E-state index in [0.717, 1.165) is 12.1 Å². The number of ether oxygens (including phenoxy) is 1. The summed E-state index contributed by atoms with van der Waals surface area (Å²) in [6.45, 7) is 2.88. The molecule has 1 aromatic rings. The second kappa shape index (κ2) is 3.50. The molecular weight excluding hydrogens is 164 g/mol. The molecule has 1 unspecified atom stereocenters. The molecule has 13 heavy (non-hydrogen) atoms. The Morgan fingerprint density at radius 2 is 2.54 bits per heavy atom. The lowest BCUT2D eigenvalue weighted by Crippen LogP contribution is -2.14. The second-order valence-corrected chi connectivity index (χ2v) is 3.73. The monoisotopic (exact) mass is 180 g/mol. The molecule has 1 aliphatic heterocycles. The molecular formula is C10H16N2O. The highest BCUT2D eigenvalue weighted by molar-refractivity contribution is 5.07. The smallest absolute Gasteiger partial charge is 0.109 e. The van der Waals surface area contributed by atoms with Gasteiger partial charge in [0, 0.05) is 25.8 Å². The molecule has 1 aromatic heterocycles. The van der Waals surface area contributed by atoms with Crippen molar-refractivity contribution in [3.8, 4) is 0 Å². The Morgan fingerprint density at radius 3 is 3.23 bits per heavy atom. The first-order valence-corrected chi connectivity index (χ1v) is 4.87. The Hall–Kier alpha value is -0.830. The van der Waals surface area contributed by atoms with Crippen LogP contribution in [0.25, 0.3) is 0 Å². The average Bonchev–Trinajstić information content (AvgIpc) is 2.49. The fourth-order valence-corrected chi connectivity index (χ4v) is 1.97. The van der Waals surface area contributed by atoms with Gasteiger partial charge in [0.1, 0.15) is 5.82 Å². The fourth-order valence-electron chi connectivity index (χ4n) is 1.97. The molecule has 0 saturated carbocycles. The van der Waals surface area contributed by atoms with Gasteiger partial charge in [-0.05, 0) is 19.8 Å². The molecule has 2 heterocycles. The number of imidazole rings is 1. The highest BCUT2D eigenvalue weighted by Gasteiger charge is 2.17. The number of methoxy groups -OCH3 is 1. The van der Waals surface area contributed by atoms with Crippen molar-refractivity contribution in [2.45, 2.75) is 38.8 Å². The number of aromatic nitrogens is 2. The zero-order valence-corrected chi connectivity index (χ0v) is 8.29. The van der Waals surface area contributed by atoms with Crippen molar-refractivity contribution in [3.05, 3.63) is 17.7 Å². The van der Waals surface area contributed by atoms with Crippen LogP contribution < -0.4 is 0 Å². The minimum atomic E-state index is 0.613. The summed E-state index contributed by atoms with van der Waals surface area (Å²) < 4.78 is 7.35. The normalized spacial score (nSPS) is 21.5. The third-order valence-electron chi connectivity index (χ3n) is 2.65. The molecule has 2 rings (SSSR count). The third kappa shape index (κ3) is 1.61. The van der Waals surface area contributed by atoms with E-state index in [-0.39, 0.29) is 0 Å². The van der Waals surface area contributed by atoms with E-state index in [1.807, 2.05) is 0 Å². The number of hydrogen-bond donors (Lipinski definition) is 0. The summed E-state index contributed by atoms with van der Waals surface area (Å²) in [5.74, 6) is 1.23. The highest BCUT2D eigenvalue weighted by Crippen LogP contribution is 2.24. The summed E-state index contributed by atoms with van der Waals surface area (Å²) in [5.41, 5.74) is 1.06. The first-order chi connectivity index (χ1) is 6.31. The van der Waals surface area contributed by atoms with Gasteiger partial charge >= 0.3 is 0 Å². The maximum absolute atomic E-state index is 5.07. The number of hydrogen-bond acceptors (Lipinski definition) is 2. The quantitative estimate of drug-likeness (QED) is 0.695. The molecule has 1 atom stereocenters. The van der Waals surface area contributed by atoms with E-state index < -0.39 is 0 Å². The zero-order valence-electron chi connectivity index (χ0n) is 8.29. The summed E-state index contributed by atoms with van der Waals surface area (Å²) in [4.78, 5) is 4.53. The Balaban J connectivity index is 2.25. The van der Waals surface area contributed by atoms with E-state index in [1.165, 1.54) is 18.7 Å². The van der Waals surface area contributed by atoms with Crippen LogP contribution >= 0.6 is 0 Å². The summed E-state index contributed by atoms with van der Waals surface area (Å²) >= 11 is 0. The summed E-state index contributed by atoms with van der Waals surface area (Å²) in [7, 11) is 1.71. The number of rotatable bonds is 2. The Kier molecular flexibility index (Phi) is 2.36. The van der Waals surface area contributed by atoms with Gasteiger partial charge in [0.05, 0.1) is 12.3 Å². The van der Waals surface area contributed by atoms with E-state index in [0.29, 0.717) is 12.6 Å². The molecule has 0 amide bonds. The van der Waals surface area contributed by atoms with E-state index in [1.54, 1.807) is 7.11 Å². The number of fused-ring (bicyclic) bond motifs is 1. The van der Waals surface area contributed by atoms with E-state index in [9.17, 15) is 0 Å². The zero-order chi connectivity index (χ0) is 9.26. The molecule has 0 saturated heterocycles. The predicted molar refractivity (Wildman–Crippen MR) is 50.6 cm³/mol. The lowest BCUT2D eigenvalue weighted by atomic mass is 10.1. The minimum absolute atomic E-state index is 0.613. The van der Waals surface area contributed by atoms with Gasteiger partial charge in [0.25, 0.3) is 0 Å². The summed E-state index contributed by atoms with van der Waals surface area (Å²) in [5, 5.41) is 0. The first-order valence-electron chi connectivity index (χ1n) is 4.87. The first kappa shape index (κ1) is 8.75. The molecule has 0 aliphatic carbocycles. The van der Waals surface area contributed by atoms with Gasteiger partial charge in [-0.15, -0.1) is 0 Å². The fraction of sp³-hybridized carbons (Fsp3) is 0.700. The summed E-state index contributed by atoms with van der Waals surface area (Å²) in [6, 6.07) is 0.613. The molecule has 1 aliphatic rings.